The highest BCUT2D eigenvalue weighted by Crippen LogP contribution is 2.16. The van der Waals surface area contributed by atoms with Gasteiger partial charge in [0.2, 0.25) is 15.9 Å². The number of benzene rings is 1. The van der Waals surface area contributed by atoms with Gasteiger partial charge >= 0.3 is 0 Å². The van der Waals surface area contributed by atoms with Crippen LogP contribution in [-0.2, 0) is 14.8 Å². The Morgan fingerprint density at radius 3 is 2.62 bits per heavy atom. The summed E-state index contributed by atoms with van der Waals surface area (Å²) < 4.78 is 29.7. The second-order valence-corrected chi connectivity index (χ2v) is 6.04. The summed E-state index contributed by atoms with van der Waals surface area (Å²) in [7, 11) is -3.35. The second-order valence-electron chi connectivity index (χ2n) is 4.29. The van der Waals surface area contributed by atoms with E-state index in [2.05, 4.69) is 10.0 Å². The van der Waals surface area contributed by atoms with Crippen LogP contribution in [0.1, 0.15) is 5.76 Å². The number of nitrogens with one attached hydrogen (secondary N) is 2. The molecule has 1 heterocycles. The van der Waals surface area contributed by atoms with Crippen molar-refractivity contribution in [3.8, 4) is 0 Å². The van der Waals surface area contributed by atoms with E-state index < -0.39 is 10.0 Å². The Kier molecular flexibility index (Phi) is 4.44. The molecule has 7 heteroatoms. The van der Waals surface area contributed by atoms with Gasteiger partial charge in [-0.05, 0) is 36.4 Å². The fourth-order valence-electron chi connectivity index (χ4n) is 1.60. The van der Waals surface area contributed by atoms with Crippen molar-refractivity contribution in [3.63, 3.8) is 0 Å². The standard InChI is InChI=1S/C14H14N2O4S/c1-21(18,19)16-12-5-2-4-11(10-12)15-14(17)8-7-13-6-3-9-20-13/h2-10,16H,1H3,(H,15,17). The maximum atomic E-state index is 11.7. The Labute approximate surface area is 122 Å². The van der Waals surface area contributed by atoms with Crippen molar-refractivity contribution in [3.05, 3.63) is 54.5 Å². The van der Waals surface area contributed by atoms with Crippen LogP contribution in [0.5, 0.6) is 0 Å². The van der Waals surface area contributed by atoms with Crippen LogP contribution < -0.4 is 10.0 Å². The van der Waals surface area contributed by atoms with Crippen molar-refractivity contribution in [2.24, 2.45) is 0 Å². The normalized spacial score (nSPS) is 11.5. The van der Waals surface area contributed by atoms with Crippen molar-refractivity contribution in [2.45, 2.75) is 0 Å². The maximum absolute atomic E-state index is 11.7. The minimum absolute atomic E-state index is 0.345. The first-order valence-electron chi connectivity index (χ1n) is 6.03. The van der Waals surface area contributed by atoms with Crippen LogP contribution in [0.4, 0.5) is 11.4 Å². The van der Waals surface area contributed by atoms with Gasteiger partial charge in [-0.3, -0.25) is 9.52 Å². The molecular formula is C14H14N2O4S. The molecule has 0 spiro atoms. The molecule has 1 aromatic carbocycles. The number of hydrogen-bond acceptors (Lipinski definition) is 4. The van der Waals surface area contributed by atoms with Gasteiger partial charge in [0.05, 0.1) is 18.2 Å². The minimum Gasteiger partial charge on any atom is -0.465 e. The van der Waals surface area contributed by atoms with Gasteiger partial charge in [-0.1, -0.05) is 6.07 Å². The van der Waals surface area contributed by atoms with Crippen LogP contribution in [0.2, 0.25) is 0 Å². The van der Waals surface area contributed by atoms with Gasteiger partial charge in [0.1, 0.15) is 5.76 Å². The molecule has 0 aliphatic heterocycles. The van der Waals surface area contributed by atoms with Gasteiger partial charge in [0.15, 0.2) is 0 Å². The molecule has 0 unspecified atom stereocenters. The van der Waals surface area contributed by atoms with Gasteiger partial charge in [0, 0.05) is 11.8 Å². The molecule has 1 aromatic heterocycles. The number of hydrogen-bond donors (Lipinski definition) is 2. The van der Waals surface area contributed by atoms with E-state index in [0.717, 1.165) is 6.26 Å². The molecule has 21 heavy (non-hydrogen) atoms. The smallest absolute Gasteiger partial charge is 0.248 e. The van der Waals surface area contributed by atoms with E-state index in [0.29, 0.717) is 17.1 Å². The third-order valence-corrected chi connectivity index (χ3v) is 2.98. The average molecular weight is 306 g/mol. The van der Waals surface area contributed by atoms with Crippen LogP contribution in [0, 0.1) is 0 Å². The molecule has 0 fully saturated rings. The first-order valence-corrected chi connectivity index (χ1v) is 7.92. The van der Waals surface area contributed by atoms with E-state index in [1.54, 1.807) is 30.3 Å². The van der Waals surface area contributed by atoms with Crippen LogP contribution in [0.3, 0.4) is 0 Å². The van der Waals surface area contributed by atoms with Crippen LogP contribution >= 0.6 is 0 Å². The summed E-state index contributed by atoms with van der Waals surface area (Å²) in [5, 5.41) is 2.63. The summed E-state index contributed by atoms with van der Waals surface area (Å²) >= 11 is 0. The van der Waals surface area contributed by atoms with Gasteiger partial charge in [-0.15, -0.1) is 0 Å². The highest BCUT2D eigenvalue weighted by atomic mass is 32.2. The Morgan fingerprint density at radius 1 is 1.19 bits per heavy atom. The molecule has 2 rings (SSSR count). The molecule has 0 atom stereocenters. The minimum atomic E-state index is -3.35. The predicted octanol–water partition coefficient (Wildman–Crippen LogP) is 2.30. The monoisotopic (exact) mass is 306 g/mol. The van der Waals surface area contributed by atoms with E-state index >= 15 is 0 Å². The number of furan rings is 1. The molecule has 0 saturated heterocycles. The number of anilines is 2. The lowest BCUT2D eigenvalue weighted by Gasteiger charge is -2.06. The molecule has 2 N–H and O–H groups in total. The zero-order valence-corrected chi connectivity index (χ0v) is 12.1. The molecule has 6 nitrogen and oxygen atoms in total. The fourth-order valence-corrected chi connectivity index (χ4v) is 2.16. The predicted molar refractivity (Wildman–Crippen MR) is 81.3 cm³/mol. The summed E-state index contributed by atoms with van der Waals surface area (Å²) in [5.41, 5.74) is 0.864. The van der Waals surface area contributed by atoms with Crippen molar-refractivity contribution >= 4 is 33.4 Å². The van der Waals surface area contributed by atoms with E-state index in [9.17, 15) is 13.2 Å². The van der Waals surface area contributed by atoms with E-state index in [1.165, 1.54) is 24.5 Å². The van der Waals surface area contributed by atoms with Crippen LogP contribution in [-0.4, -0.2) is 20.6 Å². The lowest BCUT2D eigenvalue weighted by Crippen LogP contribution is -2.11. The van der Waals surface area contributed by atoms with Crippen LogP contribution in [0.25, 0.3) is 6.08 Å². The quantitative estimate of drug-likeness (QED) is 0.830. The van der Waals surface area contributed by atoms with Gasteiger partial charge < -0.3 is 9.73 Å². The van der Waals surface area contributed by atoms with Gasteiger partial charge in [-0.25, -0.2) is 8.42 Å². The lowest BCUT2D eigenvalue weighted by atomic mass is 10.3. The van der Waals surface area contributed by atoms with Crippen molar-refractivity contribution in [2.75, 3.05) is 16.3 Å². The third-order valence-electron chi connectivity index (χ3n) is 2.38. The second kappa shape index (κ2) is 6.27. The number of rotatable bonds is 5. The van der Waals surface area contributed by atoms with E-state index in [1.807, 2.05) is 0 Å². The first kappa shape index (κ1) is 14.9. The van der Waals surface area contributed by atoms with Crippen molar-refractivity contribution < 1.29 is 17.6 Å². The molecule has 2 aromatic rings. The van der Waals surface area contributed by atoms with Gasteiger partial charge in [-0.2, -0.15) is 0 Å². The summed E-state index contributed by atoms with van der Waals surface area (Å²) in [6, 6.07) is 9.86. The molecule has 0 bridgehead atoms. The summed E-state index contributed by atoms with van der Waals surface area (Å²) in [6.45, 7) is 0. The van der Waals surface area contributed by atoms with Crippen molar-refractivity contribution in [1.29, 1.82) is 0 Å². The Morgan fingerprint density at radius 2 is 1.95 bits per heavy atom. The summed E-state index contributed by atoms with van der Waals surface area (Å²) in [5.74, 6) is 0.223. The van der Waals surface area contributed by atoms with E-state index in [-0.39, 0.29) is 5.91 Å². The molecule has 0 aliphatic rings. The fraction of sp³-hybridized carbons (Fsp3) is 0.0714. The third kappa shape index (κ3) is 5.15. The largest absolute Gasteiger partial charge is 0.465 e. The summed E-state index contributed by atoms with van der Waals surface area (Å²) in [6.07, 6.45) is 5.44. The molecular weight excluding hydrogens is 292 g/mol. The van der Waals surface area contributed by atoms with E-state index in [4.69, 9.17) is 4.42 Å². The number of amides is 1. The highest BCUT2D eigenvalue weighted by Gasteiger charge is 2.04. The average Bonchev–Trinajstić information content (AvgIpc) is 2.87. The number of carbonyl (C=O) groups is 1. The Hall–Kier alpha value is -2.54. The zero-order chi connectivity index (χ0) is 15.3. The van der Waals surface area contributed by atoms with Gasteiger partial charge in [0.25, 0.3) is 0 Å². The Bertz CT molecular complexity index is 749. The summed E-state index contributed by atoms with van der Waals surface area (Å²) in [4.78, 5) is 11.7. The highest BCUT2D eigenvalue weighted by molar-refractivity contribution is 7.92. The number of carbonyl (C=O) groups excluding carboxylic acids is 1. The lowest BCUT2D eigenvalue weighted by molar-refractivity contribution is -0.111. The SMILES string of the molecule is CS(=O)(=O)Nc1cccc(NC(=O)C=Cc2ccco2)c1. The Balaban J connectivity index is 2.02. The zero-order valence-electron chi connectivity index (χ0n) is 11.2. The molecule has 0 radical (unpaired) electrons. The topological polar surface area (TPSA) is 88.4 Å². The molecule has 1 amide bonds. The van der Waals surface area contributed by atoms with Crippen molar-refractivity contribution in [1.82, 2.24) is 0 Å². The maximum Gasteiger partial charge on any atom is 0.248 e. The van der Waals surface area contributed by atoms with Crippen LogP contribution in [0.15, 0.2) is 53.2 Å². The molecule has 110 valence electrons. The molecule has 0 aliphatic carbocycles. The first-order chi connectivity index (χ1) is 9.92. The number of sulfonamides is 1. The molecule has 0 saturated carbocycles.